The van der Waals surface area contributed by atoms with E-state index in [1.54, 1.807) is 4.90 Å². The summed E-state index contributed by atoms with van der Waals surface area (Å²) in [5.74, 6) is -0.346. The third-order valence-electron chi connectivity index (χ3n) is 3.65. The Morgan fingerprint density at radius 1 is 1.38 bits per heavy atom. The van der Waals surface area contributed by atoms with Crippen LogP contribution >= 0.6 is 0 Å². The smallest absolute Gasteiger partial charge is 0.274 e. The molecule has 0 bridgehead atoms. The standard InChI is InChI=1S/C15H16N4O2/c1-2-13-14(20)16-7-8-19(13)15(21)12-9-17-10-5-3-4-6-11(10)18-12/h3-6,9,13H,2,7-8H2,1H3,(H,16,20). The summed E-state index contributed by atoms with van der Waals surface area (Å²) in [4.78, 5) is 34.6. The van der Waals surface area contributed by atoms with Crippen molar-refractivity contribution in [3.63, 3.8) is 0 Å². The minimum atomic E-state index is -0.431. The molecular formula is C15H16N4O2. The molecule has 6 heteroatoms. The Hall–Kier alpha value is -2.50. The van der Waals surface area contributed by atoms with Crippen LogP contribution in [0.2, 0.25) is 0 Å². The van der Waals surface area contributed by atoms with Gasteiger partial charge in [-0.15, -0.1) is 0 Å². The molecule has 0 saturated carbocycles. The zero-order chi connectivity index (χ0) is 14.8. The molecule has 3 rings (SSSR count). The second kappa shape index (κ2) is 5.47. The number of rotatable bonds is 2. The first-order valence-electron chi connectivity index (χ1n) is 7.01. The number of piperazine rings is 1. The summed E-state index contributed by atoms with van der Waals surface area (Å²) in [7, 11) is 0. The molecule has 0 spiro atoms. The Kier molecular flexibility index (Phi) is 3.51. The lowest BCUT2D eigenvalue weighted by atomic mass is 10.1. The number of fused-ring (bicyclic) bond motifs is 1. The van der Waals surface area contributed by atoms with E-state index in [0.29, 0.717) is 25.0 Å². The number of benzene rings is 1. The number of nitrogens with zero attached hydrogens (tertiary/aromatic N) is 3. The minimum absolute atomic E-state index is 0.106. The summed E-state index contributed by atoms with van der Waals surface area (Å²) >= 11 is 0. The molecule has 1 aliphatic rings. The van der Waals surface area contributed by atoms with Gasteiger partial charge in [-0.25, -0.2) is 4.98 Å². The molecule has 1 aliphatic heterocycles. The maximum absolute atomic E-state index is 12.6. The lowest BCUT2D eigenvalue weighted by Crippen LogP contribution is -2.57. The van der Waals surface area contributed by atoms with Crippen molar-refractivity contribution in [3.8, 4) is 0 Å². The zero-order valence-corrected chi connectivity index (χ0v) is 11.7. The summed E-state index contributed by atoms with van der Waals surface area (Å²) in [5.41, 5.74) is 1.71. The summed E-state index contributed by atoms with van der Waals surface area (Å²) in [6.45, 7) is 2.86. The van der Waals surface area contributed by atoms with Gasteiger partial charge >= 0.3 is 0 Å². The van der Waals surface area contributed by atoms with E-state index in [2.05, 4.69) is 15.3 Å². The number of carbonyl (C=O) groups is 2. The highest BCUT2D eigenvalue weighted by molar-refractivity contribution is 5.97. The van der Waals surface area contributed by atoms with Crippen molar-refractivity contribution in [1.82, 2.24) is 20.2 Å². The van der Waals surface area contributed by atoms with Crippen LogP contribution in [-0.4, -0.2) is 45.8 Å². The van der Waals surface area contributed by atoms with Gasteiger partial charge in [0.05, 0.1) is 17.2 Å². The van der Waals surface area contributed by atoms with Crippen LogP contribution in [0.25, 0.3) is 11.0 Å². The fourth-order valence-corrected chi connectivity index (χ4v) is 2.57. The molecule has 1 aromatic heterocycles. The molecule has 108 valence electrons. The molecule has 0 radical (unpaired) electrons. The Labute approximate surface area is 122 Å². The van der Waals surface area contributed by atoms with Gasteiger partial charge in [0.2, 0.25) is 5.91 Å². The van der Waals surface area contributed by atoms with Gasteiger partial charge in [-0.3, -0.25) is 14.6 Å². The lowest BCUT2D eigenvalue weighted by molar-refractivity contribution is -0.127. The molecule has 2 amide bonds. The molecule has 0 aliphatic carbocycles. The Morgan fingerprint density at radius 2 is 2.14 bits per heavy atom. The molecule has 1 saturated heterocycles. The number of hydrogen-bond donors (Lipinski definition) is 1. The van der Waals surface area contributed by atoms with Crippen LogP contribution in [0.15, 0.2) is 30.5 Å². The second-order valence-corrected chi connectivity index (χ2v) is 4.96. The first kappa shape index (κ1) is 13.5. The van der Waals surface area contributed by atoms with E-state index in [9.17, 15) is 9.59 Å². The van der Waals surface area contributed by atoms with Gasteiger partial charge in [0, 0.05) is 13.1 Å². The number of carbonyl (C=O) groups excluding carboxylic acids is 2. The molecule has 6 nitrogen and oxygen atoms in total. The highest BCUT2D eigenvalue weighted by Crippen LogP contribution is 2.14. The molecule has 1 aromatic carbocycles. The van der Waals surface area contributed by atoms with Gasteiger partial charge in [0.15, 0.2) is 0 Å². The first-order chi connectivity index (χ1) is 10.2. The number of aromatic nitrogens is 2. The van der Waals surface area contributed by atoms with E-state index in [0.717, 1.165) is 5.52 Å². The van der Waals surface area contributed by atoms with Gasteiger partial charge in [-0.1, -0.05) is 19.1 Å². The molecule has 2 aromatic rings. The van der Waals surface area contributed by atoms with E-state index < -0.39 is 6.04 Å². The Bertz CT molecular complexity index is 701. The van der Waals surface area contributed by atoms with Gasteiger partial charge < -0.3 is 10.2 Å². The topological polar surface area (TPSA) is 75.2 Å². The van der Waals surface area contributed by atoms with E-state index in [-0.39, 0.29) is 17.5 Å². The first-order valence-corrected chi connectivity index (χ1v) is 7.01. The summed E-state index contributed by atoms with van der Waals surface area (Å²) in [6.07, 6.45) is 2.06. The number of para-hydroxylation sites is 2. The number of hydrogen-bond acceptors (Lipinski definition) is 4. The van der Waals surface area contributed by atoms with Crippen LogP contribution in [0.1, 0.15) is 23.8 Å². The van der Waals surface area contributed by atoms with Crippen LogP contribution in [0.5, 0.6) is 0 Å². The Balaban J connectivity index is 1.93. The third kappa shape index (κ3) is 2.44. The summed E-state index contributed by atoms with van der Waals surface area (Å²) in [6, 6.07) is 6.97. The van der Waals surface area contributed by atoms with E-state index in [1.807, 2.05) is 31.2 Å². The highest BCUT2D eigenvalue weighted by Gasteiger charge is 2.32. The highest BCUT2D eigenvalue weighted by atomic mass is 16.2. The van der Waals surface area contributed by atoms with Crippen LogP contribution in [0, 0.1) is 0 Å². The number of nitrogens with one attached hydrogen (secondary N) is 1. The third-order valence-corrected chi connectivity index (χ3v) is 3.65. The van der Waals surface area contributed by atoms with Crippen molar-refractivity contribution in [2.45, 2.75) is 19.4 Å². The largest absolute Gasteiger partial charge is 0.353 e. The normalized spacial score (nSPS) is 18.6. The molecule has 1 unspecified atom stereocenters. The van der Waals surface area contributed by atoms with Crippen molar-refractivity contribution >= 4 is 22.8 Å². The molecule has 2 heterocycles. The molecule has 21 heavy (non-hydrogen) atoms. The summed E-state index contributed by atoms with van der Waals surface area (Å²) < 4.78 is 0. The zero-order valence-electron chi connectivity index (χ0n) is 11.7. The van der Waals surface area contributed by atoms with Gasteiger partial charge in [0.1, 0.15) is 11.7 Å². The van der Waals surface area contributed by atoms with E-state index in [4.69, 9.17) is 0 Å². The predicted octanol–water partition coefficient (Wildman–Crippen LogP) is 0.980. The van der Waals surface area contributed by atoms with Crippen molar-refractivity contribution in [2.75, 3.05) is 13.1 Å². The van der Waals surface area contributed by atoms with Crippen LogP contribution in [-0.2, 0) is 4.79 Å². The van der Waals surface area contributed by atoms with Crippen LogP contribution in [0.4, 0.5) is 0 Å². The van der Waals surface area contributed by atoms with Crippen molar-refractivity contribution in [1.29, 1.82) is 0 Å². The second-order valence-electron chi connectivity index (χ2n) is 4.96. The van der Waals surface area contributed by atoms with E-state index in [1.165, 1.54) is 6.20 Å². The van der Waals surface area contributed by atoms with Crippen LogP contribution < -0.4 is 5.32 Å². The number of amides is 2. The monoisotopic (exact) mass is 284 g/mol. The maximum atomic E-state index is 12.6. The summed E-state index contributed by atoms with van der Waals surface area (Å²) in [5, 5.41) is 2.78. The fraction of sp³-hybridized carbons (Fsp3) is 0.333. The molecule has 1 atom stereocenters. The van der Waals surface area contributed by atoms with E-state index >= 15 is 0 Å². The average Bonchev–Trinajstić information content (AvgIpc) is 2.53. The van der Waals surface area contributed by atoms with Gasteiger partial charge in [-0.2, -0.15) is 0 Å². The van der Waals surface area contributed by atoms with Gasteiger partial charge in [0.25, 0.3) is 5.91 Å². The lowest BCUT2D eigenvalue weighted by Gasteiger charge is -2.34. The Morgan fingerprint density at radius 3 is 2.90 bits per heavy atom. The minimum Gasteiger partial charge on any atom is -0.353 e. The average molecular weight is 284 g/mol. The predicted molar refractivity (Wildman–Crippen MR) is 77.7 cm³/mol. The SMILES string of the molecule is CCC1C(=O)NCCN1C(=O)c1cnc2ccccc2n1. The molecule has 1 fully saturated rings. The molecule has 1 N–H and O–H groups in total. The van der Waals surface area contributed by atoms with Crippen molar-refractivity contribution in [3.05, 3.63) is 36.2 Å². The van der Waals surface area contributed by atoms with Crippen molar-refractivity contribution < 1.29 is 9.59 Å². The van der Waals surface area contributed by atoms with Crippen molar-refractivity contribution in [2.24, 2.45) is 0 Å². The maximum Gasteiger partial charge on any atom is 0.274 e. The van der Waals surface area contributed by atoms with Gasteiger partial charge in [-0.05, 0) is 18.6 Å². The van der Waals surface area contributed by atoms with Crippen LogP contribution in [0.3, 0.4) is 0 Å². The quantitative estimate of drug-likeness (QED) is 0.892. The fourth-order valence-electron chi connectivity index (χ4n) is 2.57. The molecular weight excluding hydrogens is 268 g/mol.